The second-order valence-electron chi connectivity index (χ2n) is 7.45. The van der Waals surface area contributed by atoms with Gasteiger partial charge in [0.25, 0.3) is 0 Å². The van der Waals surface area contributed by atoms with Crippen molar-refractivity contribution in [1.29, 1.82) is 0 Å². The van der Waals surface area contributed by atoms with Crippen LogP contribution in [-0.2, 0) is 22.6 Å². The second kappa shape index (κ2) is 9.65. The van der Waals surface area contributed by atoms with E-state index in [4.69, 9.17) is 9.39 Å². The average molecular weight is 403 g/mol. The van der Waals surface area contributed by atoms with Gasteiger partial charge in [-0.25, -0.2) is 4.72 Å². The van der Waals surface area contributed by atoms with Gasteiger partial charge in [0.05, 0.1) is 22.6 Å². The molecule has 2 rings (SSSR count). The Bertz CT molecular complexity index is 754. The number of nitrogens with zero attached hydrogens (tertiary/aromatic N) is 1. The lowest BCUT2D eigenvalue weighted by Gasteiger charge is -2.37. The fourth-order valence-corrected chi connectivity index (χ4v) is 2.57. The predicted octanol–water partition coefficient (Wildman–Crippen LogP) is 2.57. The standard InChI is InChI=1S/C20H28BN2O4S/c1-6-28(25)23-17-10-9-16(21-27-20(4,5)19(2,3)24)12-18(17)26-14-15-8-7-11-22-13-15/h7-13,23-24H,6,14H2,1-5H3. The maximum Gasteiger partial charge on any atom is 0.331 e. The smallest absolute Gasteiger partial charge is 0.331 e. The molecule has 1 heterocycles. The topological polar surface area (TPSA) is 86.7 Å². The average Bonchev–Trinajstić information content (AvgIpc) is 2.65. The lowest BCUT2D eigenvalue weighted by Crippen LogP contribution is -2.49. The van der Waals surface area contributed by atoms with Crippen LogP contribution in [0.15, 0.2) is 42.7 Å². The van der Waals surface area contributed by atoms with E-state index in [1.165, 1.54) is 0 Å². The van der Waals surface area contributed by atoms with Crippen molar-refractivity contribution < 1.29 is 19.1 Å². The van der Waals surface area contributed by atoms with Crippen LogP contribution in [0.1, 0.15) is 40.2 Å². The zero-order chi connectivity index (χ0) is 20.8. The third kappa shape index (κ3) is 6.41. The van der Waals surface area contributed by atoms with E-state index in [1.807, 2.05) is 45.0 Å². The van der Waals surface area contributed by atoms with Gasteiger partial charge in [-0.1, -0.05) is 12.1 Å². The third-order valence-corrected chi connectivity index (χ3v) is 5.54. The molecule has 1 unspecified atom stereocenters. The third-order valence-electron chi connectivity index (χ3n) is 4.57. The Labute approximate surface area is 171 Å². The number of rotatable bonds is 10. The normalized spacial score (nSPS) is 13.1. The fourth-order valence-electron chi connectivity index (χ4n) is 2.01. The summed E-state index contributed by atoms with van der Waals surface area (Å²) in [6.45, 7) is 9.23. The van der Waals surface area contributed by atoms with Crippen LogP contribution in [0.3, 0.4) is 0 Å². The van der Waals surface area contributed by atoms with Crippen LogP contribution in [-0.4, -0.2) is 39.1 Å². The van der Waals surface area contributed by atoms with E-state index in [-0.39, 0.29) is 0 Å². The molecule has 0 aliphatic rings. The van der Waals surface area contributed by atoms with Gasteiger partial charge in [0.2, 0.25) is 0 Å². The summed E-state index contributed by atoms with van der Waals surface area (Å²) in [5.74, 6) is 1.04. The lowest BCUT2D eigenvalue weighted by atomic mass is 9.82. The maximum atomic E-state index is 11.9. The van der Waals surface area contributed by atoms with E-state index in [1.54, 1.807) is 39.8 Å². The molecule has 0 saturated carbocycles. The summed E-state index contributed by atoms with van der Waals surface area (Å²) in [5.41, 5.74) is 0.556. The summed E-state index contributed by atoms with van der Waals surface area (Å²) in [7, 11) is 1.59. The highest BCUT2D eigenvalue weighted by molar-refractivity contribution is 7.92. The van der Waals surface area contributed by atoms with Crippen molar-refractivity contribution in [2.45, 2.75) is 52.4 Å². The molecule has 0 aliphatic heterocycles. The molecule has 0 amide bonds. The number of hydrogen-bond acceptors (Lipinski definition) is 6. The second-order valence-corrected chi connectivity index (χ2v) is 8.92. The van der Waals surface area contributed by atoms with Crippen LogP contribution >= 0.6 is 0 Å². The Hall–Kier alpha value is -1.74. The van der Waals surface area contributed by atoms with Crippen molar-refractivity contribution in [2.75, 3.05) is 10.5 Å². The number of benzene rings is 1. The van der Waals surface area contributed by atoms with Gasteiger partial charge in [-0.2, -0.15) is 0 Å². The molecule has 8 heteroatoms. The predicted molar refractivity (Wildman–Crippen MR) is 114 cm³/mol. The Balaban J connectivity index is 2.17. The highest BCUT2D eigenvalue weighted by Crippen LogP contribution is 2.27. The first-order chi connectivity index (χ1) is 13.1. The van der Waals surface area contributed by atoms with E-state index < -0.39 is 22.6 Å². The number of hydrogen-bond donors (Lipinski definition) is 2. The molecule has 0 saturated heterocycles. The number of ether oxygens (including phenoxy) is 1. The lowest BCUT2D eigenvalue weighted by molar-refractivity contribution is -0.0893. The van der Waals surface area contributed by atoms with Crippen molar-refractivity contribution in [1.82, 2.24) is 4.98 Å². The Kier molecular flexibility index (Phi) is 7.77. The zero-order valence-corrected chi connectivity index (χ0v) is 17.9. The van der Waals surface area contributed by atoms with Crippen molar-refractivity contribution in [3.8, 4) is 5.75 Å². The van der Waals surface area contributed by atoms with Gasteiger partial charge in [-0.15, -0.1) is 0 Å². The number of anilines is 1. The molecule has 28 heavy (non-hydrogen) atoms. The highest BCUT2D eigenvalue weighted by atomic mass is 32.2. The molecule has 0 spiro atoms. The molecule has 2 aromatic rings. The molecule has 1 aromatic carbocycles. The zero-order valence-electron chi connectivity index (χ0n) is 17.1. The van der Waals surface area contributed by atoms with Crippen LogP contribution < -0.4 is 14.9 Å². The molecule has 151 valence electrons. The van der Waals surface area contributed by atoms with Crippen LogP contribution in [0.5, 0.6) is 5.75 Å². The molecule has 6 nitrogen and oxygen atoms in total. The molecule has 1 aromatic heterocycles. The monoisotopic (exact) mass is 403 g/mol. The Morgan fingerprint density at radius 2 is 2.00 bits per heavy atom. The largest absolute Gasteiger partial charge is 0.593 e. The van der Waals surface area contributed by atoms with Crippen molar-refractivity contribution in [3.63, 3.8) is 0 Å². The first-order valence-corrected chi connectivity index (χ1v) is 10.5. The van der Waals surface area contributed by atoms with Gasteiger partial charge in [0, 0.05) is 18.0 Å². The van der Waals surface area contributed by atoms with Gasteiger partial charge in [0.15, 0.2) is 0 Å². The quantitative estimate of drug-likeness (QED) is 0.469. The van der Waals surface area contributed by atoms with Crippen LogP contribution in [0.2, 0.25) is 0 Å². The Morgan fingerprint density at radius 3 is 2.61 bits per heavy atom. The van der Waals surface area contributed by atoms with Crippen LogP contribution in [0, 0.1) is 0 Å². The summed E-state index contributed by atoms with van der Waals surface area (Å²) >= 11 is -1.19. The van der Waals surface area contributed by atoms with Gasteiger partial charge in [-0.3, -0.25) is 4.98 Å². The van der Waals surface area contributed by atoms with E-state index in [0.717, 1.165) is 11.0 Å². The van der Waals surface area contributed by atoms with Crippen LogP contribution in [0.25, 0.3) is 0 Å². The van der Waals surface area contributed by atoms with Crippen molar-refractivity contribution in [2.24, 2.45) is 0 Å². The minimum absolute atomic E-state index is 0.334. The van der Waals surface area contributed by atoms with E-state index >= 15 is 0 Å². The molecule has 1 radical (unpaired) electrons. The Morgan fingerprint density at radius 1 is 1.25 bits per heavy atom. The number of aromatic nitrogens is 1. The van der Waals surface area contributed by atoms with Crippen molar-refractivity contribution >= 4 is 30.0 Å². The molecule has 0 aliphatic carbocycles. The summed E-state index contributed by atoms with van der Waals surface area (Å²) in [6.07, 6.45) is 3.44. The molecule has 0 bridgehead atoms. The minimum atomic E-state index is -1.19. The summed E-state index contributed by atoms with van der Waals surface area (Å²) in [5, 5.41) is 10.2. The molecule has 1 atom stereocenters. The summed E-state index contributed by atoms with van der Waals surface area (Å²) in [6, 6.07) is 9.23. The molecular weight excluding hydrogens is 375 g/mol. The highest BCUT2D eigenvalue weighted by Gasteiger charge is 2.35. The van der Waals surface area contributed by atoms with Crippen molar-refractivity contribution in [3.05, 3.63) is 48.3 Å². The minimum Gasteiger partial charge on any atom is -0.593 e. The summed E-state index contributed by atoms with van der Waals surface area (Å²) < 4.78 is 26.7. The van der Waals surface area contributed by atoms with Gasteiger partial charge in [-0.05, 0) is 58.3 Å². The van der Waals surface area contributed by atoms with Gasteiger partial charge in [0.1, 0.15) is 23.8 Å². The maximum absolute atomic E-state index is 11.9. The number of nitrogens with one attached hydrogen (secondary N) is 1. The van der Waals surface area contributed by atoms with E-state index in [0.29, 0.717) is 23.8 Å². The van der Waals surface area contributed by atoms with E-state index in [9.17, 15) is 9.66 Å². The molecule has 0 fully saturated rings. The fraction of sp³-hybridized carbons (Fsp3) is 0.450. The van der Waals surface area contributed by atoms with Gasteiger partial charge >= 0.3 is 7.48 Å². The first kappa shape index (κ1) is 22.6. The molecule has 2 N–H and O–H groups in total. The number of aliphatic hydroxyl groups is 1. The SMILES string of the molecule is CC[S+]([O-])Nc1ccc([B]OC(C)(C)C(C)(C)O)cc1OCc1cccnc1. The molecular formula is C20H28BN2O4S. The number of pyridine rings is 1. The van der Waals surface area contributed by atoms with E-state index in [2.05, 4.69) is 9.71 Å². The van der Waals surface area contributed by atoms with Crippen LogP contribution in [0.4, 0.5) is 5.69 Å². The first-order valence-electron chi connectivity index (χ1n) is 9.16. The van der Waals surface area contributed by atoms with Gasteiger partial charge < -0.3 is 19.1 Å². The summed E-state index contributed by atoms with van der Waals surface area (Å²) in [4.78, 5) is 4.08.